The third-order valence-corrected chi connectivity index (χ3v) is 10.3. The van der Waals surface area contributed by atoms with E-state index >= 15 is 0 Å². The van der Waals surface area contributed by atoms with Crippen LogP contribution in [-0.4, -0.2) is 26.9 Å². The molecule has 0 aromatic heterocycles. The Balaban J connectivity index is 4.71. The number of rotatable bonds is 10. The molecule has 0 aliphatic carbocycles. The largest absolute Gasteiger partial charge is 0.515 e. The number of unbranched alkanes of at least 4 members (excludes halogenated alkanes) is 2. The van der Waals surface area contributed by atoms with E-state index in [1.165, 1.54) is 12.2 Å². The van der Waals surface area contributed by atoms with Crippen LogP contribution in [0.15, 0.2) is 12.2 Å². The molecule has 0 fully saturated rings. The second-order valence-corrected chi connectivity index (χ2v) is 12.3. The quantitative estimate of drug-likeness (QED) is 0.243. The van der Waals surface area contributed by atoms with Crippen LogP contribution in [-0.2, 0) is 18.8 Å². The van der Waals surface area contributed by atoms with Crippen LogP contribution in [0.25, 0.3) is 0 Å². The van der Waals surface area contributed by atoms with Crippen LogP contribution in [0.2, 0.25) is 16.6 Å². The lowest BCUT2D eigenvalue weighted by atomic mass is 10.3. The third-order valence-electron chi connectivity index (χ3n) is 4.33. The molecule has 0 rings (SSSR count). The highest BCUT2D eigenvalue weighted by Gasteiger charge is 2.47. The van der Waals surface area contributed by atoms with Gasteiger partial charge in [0.15, 0.2) is 0 Å². The Morgan fingerprint density at radius 3 is 1.78 bits per heavy atom. The Hall–Kier alpha value is -1.10. The van der Waals surface area contributed by atoms with E-state index in [1.807, 2.05) is 0 Å². The molecule has 0 spiro atoms. The molecule has 0 radical (unpaired) electrons. The molecular weight excluding hydrogens is 308 g/mol. The van der Waals surface area contributed by atoms with Gasteiger partial charge in [0.25, 0.3) is 8.32 Å². The second-order valence-electron chi connectivity index (χ2n) is 6.95. The average Bonchev–Trinajstić information content (AvgIpc) is 2.45. The van der Waals surface area contributed by atoms with Gasteiger partial charge in [0.1, 0.15) is 0 Å². The smallest absolute Gasteiger partial charge is 0.331 e. The first-order valence-corrected chi connectivity index (χ1v) is 10.9. The normalized spacial score (nSPS) is 12.4. The van der Waals surface area contributed by atoms with Crippen molar-refractivity contribution in [2.75, 3.05) is 6.61 Å². The molecule has 5 heteroatoms. The van der Waals surface area contributed by atoms with E-state index in [4.69, 9.17) is 9.16 Å². The third kappa shape index (κ3) is 6.90. The number of carbonyl (C=O) groups is 2. The van der Waals surface area contributed by atoms with Gasteiger partial charge in [0, 0.05) is 12.2 Å². The maximum absolute atomic E-state index is 12.2. The molecule has 0 saturated heterocycles. The first-order chi connectivity index (χ1) is 10.7. The SMILES string of the molecule is CCCCCOC(=O)C=CC(=O)O[Si](C(C)C)(C(C)C)C(C)C. The van der Waals surface area contributed by atoms with Crippen LogP contribution in [0.5, 0.6) is 0 Å². The summed E-state index contributed by atoms with van der Waals surface area (Å²) in [4.78, 5) is 23.7. The predicted octanol–water partition coefficient (Wildman–Crippen LogP) is 4.99. The molecule has 134 valence electrons. The minimum absolute atomic E-state index is 0.320. The zero-order valence-electron chi connectivity index (χ0n) is 15.8. The van der Waals surface area contributed by atoms with Crippen molar-refractivity contribution in [2.45, 2.75) is 84.4 Å². The van der Waals surface area contributed by atoms with Crippen molar-refractivity contribution in [1.82, 2.24) is 0 Å². The number of hydrogen-bond donors (Lipinski definition) is 0. The van der Waals surface area contributed by atoms with Gasteiger partial charge in [-0.05, 0) is 23.0 Å². The van der Waals surface area contributed by atoms with Gasteiger partial charge in [-0.1, -0.05) is 61.3 Å². The van der Waals surface area contributed by atoms with Crippen LogP contribution < -0.4 is 0 Å². The molecule has 0 aliphatic heterocycles. The van der Waals surface area contributed by atoms with E-state index in [0.717, 1.165) is 19.3 Å². The molecular formula is C18H34O4Si. The average molecular weight is 343 g/mol. The van der Waals surface area contributed by atoms with Crippen molar-refractivity contribution in [3.63, 3.8) is 0 Å². The van der Waals surface area contributed by atoms with Crippen molar-refractivity contribution < 1.29 is 18.8 Å². The van der Waals surface area contributed by atoms with Crippen molar-refractivity contribution in [2.24, 2.45) is 0 Å². The van der Waals surface area contributed by atoms with Crippen LogP contribution in [0.1, 0.15) is 67.7 Å². The summed E-state index contributed by atoms with van der Waals surface area (Å²) in [6.07, 6.45) is 5.34. The van der Waals surface area contributed by atoms with Crippen LogP contribution in [0, 0.1) is 0 Å². The molecule has 23 heavy (non-hydrogen) atoms. The molecule has 0 amide bonds. The van der Waals surface area contributed by atoms with Crippen LogP contribution in [0.4, 0.5) is 0 Å². The van der Waals surface area contributed by atoms with E-state index in [1.54, 1.807) is 0 Å². The van der Waals surface area contributed by atoms with Gasteiger partial charge in [-0.3, -0.25) is 0 Å². The number of ether oxygens (including phenoxy) is 1. The predicted molar refractivity (Wildman–Crippen MR) is 96.8 cm³/mol. The summed E-state index contributed by atoms with van der Waals surface area (Å²) >= 11 is 0. The Morgan fingerprint density at radius 1 is 0.870 bits per heavy atom. The number of hydrogen-bond acceptors (Lipinski definition) is 4. The first-order valence-electron chi connectivity index (χ1n) is 8.76. The summed E-state index contributed by atoms with van der Waals surface area (Å²) in [5, 5.41) is 0. The Kier molecular flexibility index (Phi) is 10.1. The highest BCUT2D eigenvalue weighted by atomic mass is 28.4. The monoisotopic (exact) mass is 342 g/mol. The molecule has 0 bridgehead atoms. The van der Waals surface area contributed by atoms with Crippen LogP contribution >= 0.6 is 0 Å². The molecule has 0 aromatic rings. The molecule has 4 nitrogen and oxygen atoms in total. The van der Waals surface area contributed by atoms with E-state index < -0.39 is 20.3 Å². The fourth-order valence-electron chi connectivity index (χ4n) is 3.27. The molecule has 0 saturated carbocycles. The lowest BCUT2D eigenvalue weighted by Crippen LogP contribution is -2.49. The van der Waals surface area contributed by atoms with Gasteiger partial charge in [-0.15, -0.1) is 0 Å². The summed E-state index contributed by atoms with van der Waals surface area (Å²) in [6, 6.07) is 0. The summed E-state index contributed by atoms with van der Waals surface area (Å²) < 4.78 is 11.0. The molecule has 0 atom stereocenters. The zero-order valence-corrected chi connectivity index (χ0v) is 16.8. The topological polar surface area (TPSA) is 52.6 Å². The Morgan fingerprint density at radius 2 is 1.35 bits per heavy atom. The Labute approximate surface area is 142 Å². The van der Waals surface area contributed by atoms with Gasteiger partial charge >= 0.3 is 11.9 Å². The fourth-order valence-corrected chi connectivity index (χ4v) is 8.39. The standard InChI is InChI=1S/C18H34O4Si/c1-8-9-10-13-21-17(19)11-12-18(20)22-23(14(2)3,15(4)5)16(6)7/h11-12,14-16H,8-10,13H2,1-7H3. The van der Waals surface area contributed by atoms with Gasteiger partial charge in [0.05, 0.1) is 6.61 Å². The minimum Gasteiger partial charge on any atom is -0.515 e. The summed E-state index contributed by atoms with van der Waals surface area (Å²) in [6.45, 7) is 15.2. The number of carbonyl (C=O) groups excluding carboxylic acids is 2. The van der Waals surface area contributed by atoms with Crippen molar-refractivity contribution >= 4 is 20.3 Å². The van der Waals surface area contributed by atoms with E-state index in [0.29, 0.717) is 23.2 Å². The minimum atomic E-state index is -2.25. The van der Waals surface area contributed by atoms with E-state index in [-0.39, 0.29) is 0 Å². The van der Waals surface area contributed by atoms with E-state index in [2.05, 4.69) is 48.5 Å². The maximum atomic E-state index is 12.2. The van der Waals surface area contributed by atoms with E-state index in [9.17, 15) is 9.59 Å². The second kappa shape index (κ2) is 10.6. The lowest BCUT2D eigenvalue weighted by Gasteiger charge is -2.40. The molecule has 0 aromatic carbocycles. The van der Waals surface area contributed by atoms with Crippen molar-refractivity contribution in [3.8, 4) is 0 Å². The van der Waals surface area contributed by atoms with Crippen molar-refractivity contribution in [3.05, 3.63) is 12.2 Å². The van der Waals surface area contributed by atoms with Gasteiger partial charge in [-0.2, -0.15) is 0 Å². The van der Waals surface area contributed by atoms with Gasteiger partial charge < -0.3 is 9.16 Å². The summed E-state index contributed by atoms with van der Waals surface area (Å²) in [5.74, 6) is -0.915. The van der Waals surface area contributed by atoms with Gasteiger partial charge in [-0.25, -0.2) is 9.59 Å². The van der Waals surface area contributed by atoms with Gasteiger partial charge in [0.2, 0.25) is 0 Å². The summed E-state index contributed by atoms with van der Waals surface area (Å²) in [7, 11) is -2.25. The number of esters is 1. The zero-order chi connectivity index (χ0) is 18.0. The maximum Gasteiger partial charge on any atom is 0.331 e. The lowest BCUT2D eigenvalue weighted by molar-refractivity contribution is -0.138. The first kappa shape index (κ1) is 21.9. The molecule has 0 N–H and O–H groups in total. The van der Waals surface area contributed by atoms with Crippen LogP contribution in [0.3, 0.4) is 0 Å². The highest BCUT2D eigenvalue weighted by Crippen LogP contribution is 2.42. The Bertz CT molecular complexity index is 378. The molecule has 0 unspecified atom stereocenters. The molecule has 0 heterocycles. The summed E-state index contributed by atoms with van der Waals surface area (Å²) in [5.41, 5.74) is 0.961. The fraction of sp³-hybridized carbons (Fsp3) is 0.778. The van der Waals surface area contributed by atoms with Crippen molar-refractivity contribution in [1.29, 1.82) is 0 Å². The molecule has 0 aliphatic rings. The highest BCUT2D eigenvalue weighted by molar-refractivity contribution is 6.79.